The van der Waals surface area contributed by atoms with Gasteiger partial charge in [0.2, 0.25) is 0 Å². The summed E-state index contributed by atoms with van der Waals surface area (Å²) < 4.78 is 50.5. The number of aromatic nitrogens is 4. The molecule has 2 amide bonds. The highest BCUT2D eigenvalue weighted by atomic mass is 35.5. The van der Waals surface area contributed by atoms with Crippen LogP contribution in [-0.2, 0) is 9.84 Å². The maximum absolute atomic E-state index is 14.3. The van der Waals surface area contributed by atoms with E-state index in [1.54, 1.807) is 0 Å². The predicted octanol–water partition coefficient (Wildman–Crippen LogP) is 7.78. The van der Waals surface area contributed by atoms with Gasteiger partial charge in [0.25, 0.3) is 0 Å². The van der Waals surface area contributed by atoms with E-state index in [1.165, 1.54) is 24.5 Å². The normalized spacial score (nSPS) is 18.9. The number of nitrogens with one attached hydrogen (secondary N) is 1. The standard InChI is InChI=1S/C25H31Cl2F3N6O2Si/c1-8-17(38-39(6,7)23(2,3)4)20-15(26)9-14(11-32-20)33-22(37)35-13-24(5,25(28,29)30)21-16(35)12-31-19-10-18(27)34-36(19)21/h9-12,17H,8,13H2,1-7H3,(H,33,37)/t17?,24-/m1/s1. The Balaban J connectivity index is 1.63. The second-order valence-corrected chi connectivity index (χ2v) is 17.0. The molecule has 0 fully saturated rings. The molecule has 212 valence electrons. The minimum atomic E-state index is -4.69. The van der Waals surface area contributed by atoms with E-state index in [2.05, 4.69) is 54.2 Å². The summed E-state index contributed by atoms with van der Waals surface area (Å²) in [5, 5.41) is 6.87. The molecule has 1 unspecified atom stereocenters. The van der Waals surface area contributed by atoms with Crippen LogP contribution >= 0.6 is 23.2 Å². The Morgan fingerprint density at radius 1 is 1.21 bits per heavy atom. The third-order valence-corrected chi connectivity index (χ3v) is 12.6. The van der Waals surface area contributed by atoms with Gasteiger partial charge in [-0.1, -0.05) is 50.9 Å². The van der Waals surface area contributed by atoms with E-state index in [0.29, 0.717) is 12.1 Å². The van der Waals surface area contributed by atoms with Gasteiger partial charge in [-0.2, -0.15) is 18.3 Å². The number of pyridine rings is 1. The lowest BCUT2D eigenvalue weighted by molar-refractivity contribution is -0.181. The topological polar surface area (TPSA) is 84.6 Å². The SMILES string of the molecule is CCC(O[Si](C)(C)C(C)(C)C)c1ncc(NC(=O)N2C[C@@](C)(C(F)(F)F)c3c2cnc2cc(Cl)nn32)cc1Cl. The maximum atomic E-state index is 14.3. The van der Waals surface area contributed by atoms with Crippen molar-refractivity contribution in [3.05, 3.63) is 46.1 Å². The number of hydrogen-bond acceptors (Lipinski definition) is 5. The summed E-state index contributed by atoms with van der Waals surface area (Å²) in [6.45, 7) is 13.0. The van der Waals surface area contributed by atoms with Crippen molar-refractivity contribution in [3.8, 4) is 0 Å². The van der Waals surface area contributed by atoms with Crippen LogP contribution in [0.15, 0.2) is 24.5 Å². The summed E-state index contributed by atoms with van der Waals surface area (Å²) in [7, 11) is -2.12. The van der Waals surface area contributed by atoms with E-state index in [0.717, 1.165) is 16.3 Å². The number of carbonyl (C=O) groups excluding carboxylic acids is 1. The molecule has 4 rings (SSSR count). The van der Waals surface area contributed by atoms with E-state index >= 15 is 0 Å². The lowest BCUT2D eigenvalue weighted by Gasteiger charge is -2.39. The Morgan fingerprint density at radius 3 is 2.44 bits per heavy atom. The number of nitrogens with zero attached hydrogens (tertiary/aromatic N) is 5. The molecule has 1 N–H and O–H groups in total. The Kier molecular flexibility index (Phi) is 7.50. The fourth-order valence-corrected chi connectivity index (χ4v) is 6.11. The van der Waals surface area contributed by atoms with Crippen molar-refractivity contribution in [2.24, 2.45) is 0 Å². The molecule has 0 aromatic carbocycles. The fourth-order valence-electron chi connectivity index (χ4n) is 4.30. The molecule has 0 radical (unpaired) electrons. The Morgan fingerprint density at radius 2 is 1.87 bits per heavy atom. The monoisotopic (exact) mass is 602 g/mol. The lowest BCUT2D eigenvalue weighted by Crippen LogP contribution is -2.46. The van der Waals surface area contributed by atoms with Crippen molar-refractivity contribution in [1.82, 2.24) is 19.6 Å². The molecular formula is C25H31Cl2F3N6O2Si. The number of halogens is 5. The third kappa shape index (κ3) is 5.23. The molecule has 4 heterocycles. The molecule has 0 aliphatic carbocycles. The first-order valence-electron chi connectivity index (χ1n) is 12.4. The van der Waals surface area contributed by atoms with Gasteiger partial charge < -0.3 is 9.74 Å². The average Bonchev–Trinajstić information content (AvgIpc) is 3.34. The summed E-state index contributed by atoms with van der Waals surface area (Å²) in [6, 6.07) is 2.09. The van der Waals surface area contributed by atoms with Gasteiger partial charge in [-0.05, 0) is 37.5 Å². The van der Waals surface area contributed by atoms with Gasteiger partial charge in [-0.3, -0.25) is 9.88 Å². The van der Waals surface area contributed by atoms with Crippen LogP contribution in [0.1, 0.15) is 58.5 Å². The van der Waals surface area contributed by atoms with Gasteiger partial charge in [-0.15, -0.1) is 0 Å². The molecule has 0 spiro atoms. The lowest BCUT2D eigenvalue weighted by atomic mass is 9.88. The van der Waals surface area contributed by atoms with Crippen LogP contribution < -0.4 is 10.2 Å². The highest BCUT2D eigenvalue weighted by Crippen LogP contribution is 2.50. The predicted molar refractivity (Wildman–Crippen MR) is 148 cm³/mol. The fraction of sp³-hybridized carbons (Fsp3) is 0.520. The summed E-state index contributed by atoms with van der Waals surface area (Å²) in [6.07, 6.45) is -1.74. The molecule has 8 nitrogen and oxygen atoms in total. The van der Waals surface area contributed by atoms with Crippen molar-refractivity contribution in [2.75, 3.05) is 16.8 Å². The third-order valence-electron chi connectivity index (χ3n) is 7.63. The van der Waals surface area contributed by atoms with Crippen LogP contribution in [0, 0.1) is 0 Å². The molecule has 0 saturated carbocycles. The van der Waals surface area contributed by atoms with Gasteiger partial charge >= 0.3 is 12.2 Å². The average molecular weight is 604 g/mol. The summed E-state index contributed by atoms with van der Waals surface area (Å²) in [4.78, 5) is 22.9. The van der Waals surface area contributed by atoms with Crippen molar-refractivity contribution in [1.29, 1.82) is 0 Å². The minimum Gasteiger partial charge on any atom is -0.408 e. The van der Waals surface area contributed by atoms with Crippen LogP contribution in [0.2, 0.25) is 28.3 Å². The number of urea groups is 1. The highest BCUT2D eigenvalue weighted by molar-refractivity contribution is 6.74. The van der Waals surface area contributed by atoms with Crippen molar-refractivity contribution in [2.45, 2.75) is 76.9 Å². The number of anilines is 2. The number of amides is 2. The van der Waals surface area contributed by atoms with Crippen LogP contribution in [0.3, 0.4) is 0 Å². The van der Waals surface area contributed by atoms with E-state index in [1.807, 2.05) is 6.92 Å². The molecule has 1 aliphatic rings. The first-order valence-corrected chi connectivity index (χ1v) is 16.1. The van der Waals surface area contributed by atoms with Gasteiger partial charge in [0, 0.05) is 12.6 Å². The molecule has 3 aromatic heterocycles. The van der Waals surface area contributed by atoms with E-state index in [9.17, 15) is 18.0 Å². The first-order chi connectivity index (χ1) is 17.9. The van der Waals surface area contributed by atoms with Crippen molar-refractivity contribution < 1.29 is 22.4 Å². The van der Waals surface area contributed by atoms with Crippen LogP contribution in [0.4, 0.5) is 29.3 Å². The molecule has 0 saturated heterocycles. The van der Waals surface area contributed by atoms with E-state index in [4.69, 9.17) is 27.6 Å². The molecule has 1 aliphatic heterocycles. The van der Waals surface area contributed by atoms with Gasteiger partial charge in [-0.25, -0.2) is 14.3 Å². The molecule has 2 atom stereocenters. The largest absolute Gasteiger partial charge is 0.408 e. The van der Waals surface area contributed by atoms with E-state index < -0.39 is 32.5 Å². The smallest absolute Gasteiger partial charge is 0.401 e. The first kappa shape index (κ1) is 29.6. The number of carbonyl (C=O) groups is 1. The van der Waals surface area contributed by atoms with Crippen molar-refractivity contribution in [3.63, 3.8) is 0 Å². The molecular weight excluding hydrogens is 572 g/mol. The number of alkyl halides is 3. The van der Waals surface area contributed by atoms with E-state index in [-0.39, 0.29) is 44.0 Å². The number of hydrogen-bond donors (Lipinski definition) is 1. The Bertz CT molecular complexity index is 1430. The zero-order valence-electron chi connectivity index (χ0n) is 22.7. The van der Waals surface area contributed by atoms with Gasteiger partial charge in [0.15, 0.2) is 19.1 Å². The zero-order valence-corrected chi connectivity index (χ0v) is 25.3. The van der Waals surface area contributed by atoms with Gasteiger partial charge in [0.1, 0.15) is 5.41 Å². The summed E-state index contributed by atoms with van der Waals surface area (Å²) >= 11 is 12.5. The Labute approximate surface area is 236 Å². The molecule has 39 heavy (non-hydrogen) atoms. The van der Waals surface area contributed by atoms with Crippen LogP contribution in [0.25, 0.3) is 5.65 Å². The maximum Gasteiger partial charge on any atom is 0.401 e. The Hall–Kier alpha value is -2.41. The summed E-state index contributed by atoms with van der Waals surface area (Å²) in [5.74, 6) is 0. The molecule has 14 heteroatoms. The number of rotatable bonds is 5. The van der Waals surface area contributed by atoms with Crippen LogP contribution in [0.5, 0.6) is 0 Å². The quantitative estimate of drug-likeness (QED) is 0.301. The summed E-state index contributed by atoms with van der Waals surface area (Å²) in [5.41, 5.74) is -1.74. The number of fused-ring (bicyclic) bond motifs is 3. The second kappa shape index (κ2) is 9.90. The molecule has 0 bridgehead atoms. The highest BCUT2D eigenvalue weighted by Gasteiger charge is 2.60. The zero-order chi connectivity index (χ0) is 29.1. The van der Waals surface area contributed by atoms with Gasteiger partial charge in [0.05, 0.1) is 46.3 Å². The molecule has 3 aromatic rings. The minimum absolute atomic E-state index is 0.00736. The van der Waals surface area contributed by atoms with Crippen molar-refractivity contribution >= 4 is 54.6 Å². The van der Waals surface area contributed by atoms with Crippen LogP contribution in [-0.4, -0.2) is 46.7 Å². The second-order valence-electron chi connectivity index (χ2n) is 11.4.